The van der Waals surface area contributed by atoms with Crippen LogP contribution in [0.5, 0.6) is 0 Å². The maximum atomic E-state index is 12.9. The molecule has 0 amide bonds. The Morgan fingerprint density at radius 1 is 0.900 bits per heavy atom. The summed E-state index contributed by atoms with van der Waals surface area (Å²) in [5.41, 5.74) is -1.13. The molecule has 0 aromatic heterocycles. The van der Waals surface area contributed by atoms with Crippen molar-refractivity contribution in [2.75, 3.05) is 0 Å². The van der Waals surface area contributed by atoms with E-state index in [1.54, 1.807) is 5.43 Å². The predicted octanol–water partition coefficient (Wildman–Crippen LogP) is 3.31. The van der Waals surface area contributed by atoms with Crippen LogP contribution in [0.15, 0.2) is 40.7 Å². The first-order valence-corrected chi connectivity index (χ1v) is 5.78. The number of alkyl halides is 6. The average Bonchev–Trinajstić information content (AvgIpc) is 2.36. The van der Waals surface area contributed by atoms with Gasteiger partial charge in [-0.05, 0) is 5.57 Å². The molecular weight excluding hydrogens is 286 g/mol. The summed E-state index contributed by atoms with van der Waals surface area (Å²) < 4.78 is 77.6. The zero-order chi connectivity index (χ0) is 14.7. The molecule has 1 N–H and O–H groups in total. The van der Waals surface area contributed by atoms with E-state index in [1.807, 2.05) is 0 Å². The van der Waals surface area contributed by atoms with Gasteiger partial charge in [0, 0.05) is 17.8 Å². The van der Waals surface area contributed by atoms with Gasteiger partial charge >= 0.3 is 12.4 Å². The Kier molecular flexibility index (Phi) is 2.58. The molecule has 1 aliphatic heterocycles. The van der Waals surface area contributed by atoms with Crippen molar-refractivity contribution in [3.8, 4) is 0 Å². The Morgan fingerprint density at radius 3 is 2.00 bits per heavy atom. The number of nitrogens with zero attached hydrogens (tertiary/aromatic N) is 1. The van der Waals surface area contributed by atoms with E-state index in [1.165, 1.54) is 24.3 Å². The molecule has 8 heteroatoms. The van der Waals surface area contributed by atoms with Gasteiger partial charge in [0.1, 0.15) is 11.4 Å². The second-order valence-electron chi connectivity index (χ2n) is 4.79. The highest BCUT2D eigenvalue weighted by atomic mass is 19.4. The van der Waals surface area contributed by atoms with Gasteiger partial charge in [-0.1, -0.05) is 24.3 Å². The monoisotopic (exact) mass is 294 g/mol. The minimum atomic E-state index is -4.76. The van der Waals surface area contributed by atoms with Crippen molar-refractivity contribution in [2.45, 2.75) is 12.4 Å². The first-order valence-electron chi connectivity index (χ1n) is 5.78. The van der Waals surface area contributed by atoms with Crippen molar-refractivity contribution < 1.29 is 26.3 Å². The van der Waals surface area contributed by atoms with E-state index in [0.717, 1.165) is 0 Å². The lowest BCUT2D eigenvalue weighted by Gasteiger charge is -2.41. The van der Waals surface area contributed by atoms with E-state index < -0.39 is 41.5 Å². The van der Waals surface area contributed by atoms with Crippen LogP contribution in [0.4, 0.5) is 26.3 Å². The van der Waals surface area contributed by atoms with Gasteiger partial charge in [-0.25, -0.2) is 0 Å². The van der Waals surface area contributed by atoms with Crippen LogP contribution in [0, 0.1) is 17.8 Å². The van der Waals surface area contributed by atoms with Crippen LogP contribution < -0.4 is 5.43 Å². The molecule has 3 aliphatic carbocycles. The van der Waals surface area contributed by atoms with E-state index in [-0.39, 0.29) is 5.57 Å². The summed E-state index contributed by atoms with van der Waals surface area (Å²) in [6.45, 7) is 0. The van der Waals surface area contributed by atoms with Gasteiger partial charge in [0.2, 0.25) is 0 Å². The maximum absolute atomic E-state index is 12.9. The molecule has 4 rings (SSSR count). The zero-order valence-electron chi connectivity index (χ0n) is 9.76. The molecule has 1 heterocycles. The molecule has 20 heavy (non-hydrogen) atoms. The Labute approximate surface area is 109 Å². The lowest BCUT2D eigenvalue weighted by atomic mass is 9.66. The van der Waals surface area contributed by atoms with Gasteiger partial charge in [0.15, 0.2) is 0 Å². The highest BCUT2D eigenvalue weighted by Gasteiger charge is 2.53. The molecule has 2 nitrogen and oxygen atoms in total. The van der Waals surface area contributed by atoms with Crippen molar-refractivity contribution in [1.82, 2.24) is 5.43 Å². The standard InChI is InChI=1S/C12H8F6N2/c13-11(14,15)9-7-5-1-2-6(4-3-5)8(7)10(20-19-9)12(16,17)18/h1-7,20H/t5?,6?,7-/m1/s1. The number of nitrogens with one attached hydrogen (secondary N) is 1. The molecule has 0 saturated heterocycles. The second-order valence-corrected chi connectivity index (χ2v) is 4.79. The summed E-state index contributed by atoms with van der Waals surface area (Å²) in [7, 11) is 0. The molecule has 4 aliphatic rings. The SMILES string of the molecule is FC(F)(F)C1=NNC(C(F)(F)F)=C2C3C=CC(C=C3)[C@@H]12. The van der Waals surface area contributed by atoms with E-state index in [9.17, 15) is 26.3 Å². The summed E-state index contributed by atoms with van der Waals surface area (Å²) in [6.07, 6.45) is -3.54. The van der Waals surface area contributed by atoms with Crippen molar-refractivity contribution in [3.05, 3.63) is 35.6 Å². The van der Waals surface area contributed by atoms with Crippen LogP contribution in [-0.2, 0) is 0 Å². The number of halogens is 6. The molecule has 0 unspecified atom stereocenters. The van der Waals surface area contributed by atoms with Crippen LogP contribution in [0.3, 0.4) is 0 Å². The highest BCUT2D eigenvalue weighted by molar-refractivity contribution is 5.96. The Balaban J connectivity index is 2.16. The maximum Gasteiger partial charge on any atom is 0.432 e. The molecule has 0 aromatic rings. The summed E-state index contributed by atoms with van der Waals surface area (Å²) >= 11 is 0. The van der Waals surface area contributed by atoms with Gasteiger partial charge in [0.05, 0.1) is 0 Å². The summed E-state index contributed by atoms with van der Waals surface area (Å²) in [5, 5.41) is 2.95. The van der Waals surface area contributed by atoms with Crippen LogP contribution in [-0.4, -0.2) is 18.1 Å². The average molecular weight is 294 g/mol. The molecule has 108 valence electrons. The fraction of sp³-hybridized carbons (Fsp3) is 0.417. The topological polar surface area (TPSA) is 24.4 Å². The lowest BCUT2D eigenvalue weighted by Crippen LogP contribution is -2.47. The third-order valence-electron chi connectivity index (χ3n) is 3.61. The van der Waals surface area contributed by atoms with Gasteiger partial charge in [0.25, 0.3) is 0 Å². The molecule has 0 fully saturated rings. The third kappa shape index (κ3) is 1.85. The van der Waals surface area contributed by atoms with Crippen LogP contribution >= 0.6 is 0 Å². The fourth-order valence-corrected chi connectivity index (χ4v) is 2.84. The minimum absolute atomic E-state index is 0.296. The summed E-state index contributed by atoms with van der Waals surface area (Å²) in [6, 6.07) is 0. The number of hydrogen-bond acceptors (Lipinski definition) is 2. The largest absolute Gasteiger partial charge is 0.432 e. The fourth-order valence-electron chi connectivity index (χ4n) is 2.84. The summed E-state index contributed by atoms with van der Waals surface area (Å²) in [5.74, 6) is -2.91. The van der Waals surface area contributed by atoms with E-state index in [0.29, 0.717) is 0 Å². The highest BCUT2D eigenvalue weighted by Crippen LogP contribution is 2.48. The van der Waals surface area contributed by atoms with Gasteiger partial charge < -0.3 is 0 Å². The van der Waals surface area contributed by atoms with Crippen molar-refractivity contribution in [3.63, 3.8) is 0 Å². The van der Waals surface area contributed by atoms with E-state index in [4.69, 9.17) is 0 Å². The van der Waals surface area contributed by atoms with Crippen molar-refractivity contribution in [1.29, 1.82) is 0 Å². The number of hydrogen-bond donors (Lipinski definition) is 1. The molecular formula is C12H8F6N2. The van der Waals surface area contributed by atoms with Crippen LogP contribution in [0.25, 0.3) is 0 Å². The van der Waals surface area contributed by atoms with Crippen LogP contribution in [0.1, 0.15) is 0 Å². The number of hydrazone groups is 1. The molecule has 2 bridgehead atoms. The second kappa shape index (κ2) is 3.89. The van der Waals surface area contributed by atoms with Crippen molar-refractivity contribution in [2.24, 2.45) is 22.9 Å². The van der Waals surface area contributed by atoms with E-state index >= 15 is 0 Å². The van der Waals surface area contributed by atoms with Gasteiger partial charge in [-0.3, -0.25) is 5.43 Å². The Bertz CT molecular complexity index is 549. The number of rotatable bonds is 0. The predicted molar refractivity (Wildman–Crippen MR) is 58.5 cm³/mol. The first kappa shape index (κ1) is 13.3. The third-order valence-corrected chi connectivity index (χ3v) is 3.61. The van der Waals surface area contributed by atoms with Crippen LogP contribution in [0.2, 0.25) is 0 Å². The van der Waals surface area contributed by atoms with Gasteiger partial charge in [-0.15, -0.1) is 0 Å². The smallest absolute Gasteiger partial charge is 0.273 e. The minimum Gasteiger partial charge on any atom is -0.273 e. The van der Waals surface area contributed by atoms with E-state index in [2.05, 4.69) is 5.10 Å². The number of allylic oxidation sites excluding steroid dienone is 6. The Hall–Kier alpha value is -1.73. The normalized spacial score (nSPS) is 32.1. The molecule has 0 saturated carbocycles. The van der Waals surface area contributed by atoms with Crippen molar-refractivity contribution >= 4 is 5.71 Å². The molecule has 0 spiro atoms. The molecule has 0 radical (unpaired) electrons. The lowest BCUT2D eigenvalue weighted by molar-refractivity contribution is -0.100. The van der Waals surface area contributed by atoms with Gasteiger partial charge in [-0.2, -0.15) is 31.4 Å². The Morgan fingerprint density at radius 2 is 1.50 bits per heavy atom. The first-order chi connectivity index (χ1) is 9.19. The summed E-state index contributed by atoms with van der Waals surface area (Å²) in [4.78, 5) is 0. The molecule has 1 atom stereocenters. The quantitative estimate of drug-likeness (QED) is 0.538. The molecule has 0 aromatic carbocycles. The zero-order valence-corrected chi connectivity index (χ0v) is 9.76.